The quantitative estimate of drug-likeness (QED) is 0.254. The lowest BCUT2D eigenvalue weighted by Gasteiger charge is -2.21. The van der Waals surface area contributed by atoms with Crippen LogP contribution < -0.4 is 19.5 Å². The highest BCUT2D eigenvalue weighted by Gasteiger charge is 2.27. The Bertz CT molecular complexity index is 1360. The van der Waals surface area contributed by atoms with Crippen molar-refractivity contribution in [1.82, 2.24) is 15.2 Å². The number of halogens is 1. The van der Waals surface area contributed by atoms with Gasteiger partial charge in [-0.2, -0.15) is 4.98 Å². The van der Waals surface area contributed by atoms with Gasteiger partial charge in [-0.05, 0) is 30.2 Å². The van der Waals surface area contributed by atoms with Crippen LogP contribution in [0, 0.1) is 0 Å². The van der Waals surface area contributed by atoms with Gasteiger partial charge in [0.25, 0.3) is 0 Å². The van der Waals surface area contributed by atoms with Gasteiger partial charge in [-0.1, -0.05) is 78.8 Å². The first kappa shape index (κ1) is 24.2. The minimum atomic E-state index is -0.595. The Morgan fingerprint density at radius 1 is 1.06 bits per heavy atom. The molecule has 36 heavy (non-hydrogen) atoms. The maximum Gasteiger partial charge on any atom is 0.247 e. The van der Waals surface area contributed by atoms with Gasteiger partial charge in [0.1, 0.15) is 6.61 Å². The maximum absolute atomic E-state index is 6.69. The van der Waals surface area contributed by atoms with E-state index in [4.69, 9.17) is 25.8 Å². The number of para-hydroxylation sites is 1. The van der Waals surface area contributed by atoms with Crippen LogP contribution in [0.2, 0.25) is 5.02 Å². The lowest BCUT2D eigenvalue weighted by molar-refractivity contribution is 0.224. The molecule has 1 aliphatic rings. The first-order valence-corrected chi connectivity index (χ1v) is 13.0. The van der Waals surface area contributed by atoms with Crippen molar-refractivity contribution in [1.29, 1.82) is 0 Å². The van der Waals surface area contributed by atoms with Crippen molar-refractivity contribution in [2.75, 3.05) is 18.2 Å². The summed E-state index contributed by atoms with van der Waals surface area (Å²) in [6.07, 6.45) is 0.415. The fourth-order valence-corrected chi connectivity index (χ4v) is 4.72. The number of aromatic nitrogens is 3. The van der Waals surface area contributed by atoms with E-state index in [1.807, 2.05) is 66.7 Å². The van der Waals surface area contributed by atoms with Crippen molar-refractivity contribution in [3.05, 3.63) is 82.9 Å². The van der Waals surface area contributed by atoms with Gasteiger partial charge >= 0.3 is 0 Å². The predicted octanol–water partition coefficient (Wildman–Crippen LogP) is 6.78. The summed E-state index contributed by atoms with van der Waals surface area (Å²) in [7, 11) is 1.59. The molecule has 1 aromatic heterocycles. The average Bonchev–Trinajstić information content (AvgIpc) is 3.08. The second kappa shape index (κ2) is 11.1. The Hall–Kier alpha value is -3.49. The number of ether oxygens (including phenoxy) is 3. The molecular formula is C27H25ClN4O3S. The van der Waals surface area contributed by atoms with E-state index >= 15 is 0 Å². The summed E-state index contributed by atoms with van der Waals surface area (Å²) >= 11 is 8.24. The van der Waals surface area contributed by atoms with Crippen molar-refractivity contribution in [3.63, 3.8) is 0 Å². The number of methoxy groups -OCH3 is 1. The van der Waals surface area contributed by atoms with Gasteiger partial charge in [0.15, 0.2) is 23.4 Å². The minimum Gasteiger partial charge on any atom is -0.493 e. The van der Waals surface area contributed by atoms with E-state index in [9.17, 15) is 0 Å². The highest BCUT2D eigenvalue weighted by molar-refractivity contribution is 7.99. The molecule has 0 aliphatic carbocycles. The van der Waals surface area contributed by atoms with E-state index < -0.39 is 6.23 Å². The van der Waals surface area contributed by atoms with Crippen molar-refractivity contribution < 1.29 is 14.2 Å². The van der Waals surface area contributed by atoms with Crippen molar-refractivity contribution in [3.8, 4) is 28.6 Å². The number of thioether (sulfide) groups is 1. The molecule has 7 nitrogen and oxygen atoms in total. The molecule has 0 saturated carbocycles. The third-order valence-electron chi connectivity index (χ3n) is 5.55. The van der Waals surface area contributed by atoms with Crippen molar-refractivity contribution in [2.24, 2.45) is 0 Å². The molecule has 0 spiro atoms. The Labute approximate surface area is 219 Å². The van der Waals surface area contributed by atoms with Crippen LogP contribution in [0.1, 0.15) is 30.7 Å². The summed E-state index contributed by atoms with van der Waals surface area (Å²) in [5.41, 5.74) is 4.09. The van der Waals surface area contributed by atoms with E-state index in [1.54, 1.807) is 18.9 Å². The number of nitrogens with one attached hydrogen (secondary N) is 1. The number of hydrogen-bond acceptors (Lipinski definition) is 8. The van der Waals surface area contributed by atoms with E-state index in [0.29, 0.717) is 39.9 Å². The topological polar surface area (TPSA) is 78.4 Å². The maximum atomic E-state index is 6.69. The summed E-state index contributed by atoms with van der Waals surface area (Å²) in [5.74, 6) is 2.29. The van der Waals surface area contributed by atoms with Gasteiger partial charge in [0.05, 0.1) is 12.1 Å². The summed E-state index contributed by atoms with van der Waals surface area (Å²) in [6, 6.07) is 21.4. The van der Waals surface area contributed by atoms with Crippen LogP contribution in [-0.4, -0.2) is 28.0 Å². The third kappa shape index (κ3) is 5.20. The molecule has 0 bridgehead atoms. The monoisotopic (exact) mass is 520 g/mol. The molecule has 1 aliphatic heterocycles. The van der Waals surface area contributed by atoms with E-state index in [-0.39, 0.29) is 0 Å². The Balaban J connectivity index is 1.49. The Kier molecular flexibility index (Phi) is 7.44. The highest BCUT2D eigenvalue weighted by atomic mass is 35.5. The van der Waals surface area contributed by atoms with E-state index in [0.717, 1.165) is 34.6 Å². The molecule has 1 atom stereocenters. The standard InChI is InChI=1S/C27H25ClN4O3S/c1-3-13-36-27-30-26-23(31-32-27)19-11-7-8-12-21(19)29-25(35-26)18-14-20(28)24(22(15-18)33-2)34-16-17-9-5-4-6-10-17/h4-12,14-15,25,29H,3,13,16H2,1-2H3/t25-/m0/s1. The summed E-state index contributed by atoms with van der Waals surface area (Å²) < 4.78 is 18.0. The molecule has 0 unspecified atom stereocenters. The van der Waals surface area contributed by atoms with Crippen molar-refractivity contribution >= 4 is 29.1 Å². The van der Waals surface area contributed by atoms with Gasteiger partial charge < -0.3 is 19.5 Å². The first-order chi connectivity index (χ1) is 17.7. The molecule has 184 valence electrons. The van der Waals surface area contributed by atoms with Crippen LogP contribution in [0.4, 0.5) is 5.69 Å². The number of fused-ring (bicyclic) bond motifs is 3. The zero-order chi connectivity index (χ0) is 24.9. The molecule has 2 heterocycles. The van der Waals surface area contributed by atoms with Crippen molar-refractivity contribution in [2.45, 2.75) is 31.3 Å². The molecule has 1 N–H and O–H groups in total. The smallest absolute Gasteiger partial charge is 0.247 e. The lowest BCUT2D eigenvalue weighted by atomic mass is 10.1. The lowest BCUT2D eigenvalue weighted by Crippen LogP contribution is -2.17. The van der Waals surface area contributed by atoms with Gasteiger partial charge in [-0.15, -0.1) is 10.2 Å². The molecule has 0 fully saturated rings. The summed E-state index contributed by atoms with van der Waals surface area (Å²) in [6.45, 7) is 2.48. The molecule has 3 aromatic carbocycles. The molecule has 5 rings (SSSR count). The van der Waals surface area contributed by atoms with Gasteiger partial charge in [-0.3, -0.25) is 0 Å². The zero-order valence-electron chi connectivity index (χ0n) is 19.9. The number of nitrogens with zero attached hydrogens (tertiary/aromatic N) is 3. The van der Waals surface area contributed by atoms with Crippen LogP contribution in [0.25, 0.3) is 11.3 Å². The molecule has 0 radical (unpaired) electrons. The third-order valence-corrected chi connectivity index (χ3v) is 6.87. The fourth-order valence-electron chi connectivity index (χ4n) is 3.81. The van der Waals surface area contributed by atoms with Crippen LogP contribution in [0.5, 0.6) is 17.4 Å². The number of anilines is 1. The number of hydrogen-bond donors (Lipinski definition) is 1. The number of rotatable bonds is 8. The molecule has 0 saturated heterocycles. The molecule has 0 amide bonds. The fraction of sp³-hybridized carbons (Fsp3) is 0.222. The second-order valence-electron chi connectivity index (χ2n) is 8.09. The molecule has 9 heteroatoms. The minimum absolute atomic E-state index is 0.371. The molecule has 4 aromatic rings. The largest absolute Gasteiger partial charge is 0.493 e. The second-order valence-corrected chi connectivity index (χ2v) is 9.56. The first-order valence-electron chi connectivity index (χ1n) is 11.6. The number of benzene rings is 3. The SMILES string of the molecule is CCCSc1nnc2c(n1)O[C@@H](c1cc(Cl)c(OCc3ccccc3)c(OC)c1)Nc1ccccc1-2. The summed E-state index contributed by atoms with van der Waals surface area (Å²) in [4.78, 5) is 4.67. The van der Waals surface area contributed by atoms with Crippen LogP contribution in [0.3, 0.4) is 0 Å². The van der Waals surface area contributed by atoms with Gasteiger partial charge in [0, 0.05) is 22.6 Å². The average molecular weight is 521 g/mol. The Morgan fingerprint density at radius 3 is 2.67 bits per heavy atom. The van der Waals surface area contributed by atoms with E-state index in [1.165, 1.54) is 0 Å². The van der Waals surface area contributed by atoms with Crippen LogP contribution in [-0.2, 0) is 6.61 Å². The normalized spacial score (nSPS) is 14.0. The van der Waals surface area contributed by atoms with Crippen LogP contribution in [0.15, 0.2) is 71.9 Å². The van der Waals surface area contributed by atoms with Gasteiger partial charge in [-0.25, -0.2) is 0 Å². The molecular weight excluding hydrogens is 496 g/mol. The highest BCUT2D eigenvalue weighted by Crippen LogP contribution is 2.43. The summed E-state index contributed by atoms with van der Waals surface area (Å²) in [5, 5.41) is 13.2. The van der Waals surface area contributed by atoms with E-state index in [2.05, 4.69) is 27.4 Å². The Morgan fingerprint density at radius 2 is 1.86 bits per heavy atom. The van der Waals surface area contributed by atoms with Gasteiger partial charge in [0.2, 0.25) is 11.0 Å². The predicted molar refractivity (Wildman–Crippen MR) is 142 cm³/mol. The van der Waals surface area contributed by atoms with Crippen LogP contribution >= 0.6 is 23.4 Å². The zero-order valence-corrected chi connectivity index (χ0v) is 21.5.